The molecule has 4 N–H and O–H groups in total. The SMILES string of the molecule is CC(C)[C@H](NC(=O)c1ccncc1)C(=O)NCC1CCC(CNC(=O)[C@H](NC(=O)c2ccncc2)C(C)C)CC1. The van der Waals surface area contributed by atoms with Crippen LogP contribution in [0.5, 0.6) is 0 Å². The molecule has 2 aromatic heterocycles. The molecule has 0 spiro atoms. The maximum atomic E-state index is 12.9. The number of hydrogen-bond acceptors (Lipinski definition) is 6. The van der Waals surface area contributed by atoms with Crippen LogP contribution in [0.3, 0.4) is 0 Å². The van der Waals surface area contributed by atoms with E-state index in [9.17, 15) is 19.2 Å². The summed E-state index contributed by atoms with van der Waals surface area (Å²) >= 11 is 0. The van der Waals surface area contributed by atoms with Crippen LogP contribution in [0, 0.1) is 23.7 Å². The topological polar surface area (TPSA) is 142 Å². The Labute approximate surface area is 236 Å². The fourth-order valence-corrected chi connectivity index (χ4v) is 4.88. The third kappa shape index (κ3) is 9.14. The van der Waals surface area contributed by atoms with Gasteiger partial charge in [0.05, 0.1) is 0 Å². The Balaban J connectivity index is 1.40. The molecule has 2 atom stereocenters. The van der Waals surface area contributed by atoms with Crippen LogP contribution < -0.4 is 21.3 Å². The van der Waals surface area contributed by atoms with Crippen molar-refractivity contribution in [3.05, 3.63) is 60.2 Å². The van der Waals surface area contributed by atoms with Crippen molar-refractivity contribution in [1.82, 2.24) is 31.2 Å². The van der Waals surface area contributed by atoms with E-state index in [4.69, 9.17) is 0 Å². The number of hydrogen-bond donors (Lipinski definition) is 4. The summed E-state index contributed by atoms with van der Waals surface area (Å²) in [4.78, 5) is 58.7. The zero-order valence-electron chi connectivity index (χ0n) is 23.9. The lowest BCUT2D eigenvalue weighted by atomic mass is 9.82. The second kappa shape index (κ2) is 15.1. The van der Waals surface area contributed by atoms with E-state index >= 15 is 0 Å². The molecule has 3 rings (SSSR count). The molecule has 1 saturated carbocycles. The van der Waals surface area contributed by atoms with Crippen molar-refractivity contribution in [1.29, 1.82) is 0 Å². The minimum Gasteiger partial charge on any atom is -0.354 e. The average Bonchev–Trinajstić information content (AvgIpc) is 2.97. The molecule has 0 aromatic carbocycles. The molecular formula is C30H42N6O4. The average molecular weight is 551 g/mol. The van der Waals surface area contributed by atoms with E-state index in [2.05, 4.69) is 31.2 Å². The van der Waals surface area contributed by atoms with Crippen molar-refractivity contribution in [2.24, 2.45) is 23.7 Å². The third-order valence-corrected chi connectivity index (χ3v) is 7.45. The highest BCUT2D eigenvalue weighted by Gasteiger charge is 2.28. The van der Waals surface area contributed by atoms with Gasteiger partial charge in [-0.3, -0.25) is 29.1 Å². The van der Waals surface area contributed by atoms with E-state index in [1.165, 1.54) is 0 Å². The summed E-state index contributed by atoms with van der Waals surface area (Å²) in [5.41, 5.74) is 0.935. The van der Waals surface area contributed by atoms with E-state index in [0.29, 0.717) is 36.1 Å². The van der Waals surface area contributed by atoms with Gasteiger partial charge in [0, 0.05) is 49.0 Å². The van der Waals surface area contributed by atoms with Crippen molar-refractivity contribution in [3.8, 4) is 0 Å². The van der Waals surface area contributed by atoms with Crippen molar-refractivity contribution < 1.29 is 19.2 Å². The summed E-state index contributed by atoms with van der Waals surface area (Å²) in [7, 11) is 0. The molecule has 1 aliphatic carbocycles. The Morgan fingerprint density at radius 3 is 1.27 bits per heavy atom. The van der Waals surface area contributed by atoms with Crippen LogP contribution in [0.4, 0.5) is 0 Å². The van der Waals surface area contributed by atoms with Crippen molar-refractivity contribution in [2.75, 3.05) is 13.1 Å². The third-order valence-electron chi connectivity index (χ3n) is 7.45. The van der Waals surface area contributed by atoms with Crippen LogP contribution in [-0.4, -0.2) is 58.8 Å². The van der Waals surface area contributed by atoms with E-state index < -0.39 is 12.1 Å². The van der Waals surface area contributed by atoms with Gasteiger partial charge in [-0.25, -0.2) is 0 Å². The predicted molar refractivity (Wildman–Crippen MR) is 152 cm³/mol. The summed E-state index contributed by atoms with van der Waals surface area (Å²) in [6.07, 6.45) is 9.98. The Bertz CT molecular complexity index is 1030. The molecule has 1 aliphatic rings. The number of amides is 4. The standard InChI is InChI=1S/C30H42N6O4/c1-19(2)25(35-27(37)23-9-13-31-14-10-23)29(39)33-17-21-5-7-22(8-6-21)18-34-30(40)26(20(3)4)36-28(38)24-11-15-32-16-12-24/h9-16,19-22,25-26H,5-8,17-18H2,1-4H3,(H,33,39)(H,34,40)(H,35,37)(H,36,38)/t21?,22?,25-,26+. The van der Waals surface area contributed by atoms with Gasteiger partial charge in [-0.05, 0) is 73.6 Å². The van der Waals surface area contributed by atoms with E-state index in [1.54, 1.807) is 49.1 Å². The summed E-state index contributed by atoms with van der Waals surface area (Å²) in [6, 6.07) is 5.22. The highest BCUT2D eigenvalue weighted by molar-refractivity contribution is 5.98. The second-order valence-electron chi connectivity index (χ2n) is 11.2. The number of nitrogens with one attached hydrogen (secondary N) is 4. The van der Waals surface area contributed by atoms with Gasteiger partial charge in [0.25, 0.3) is 11.8 Å². The minimum absolute atomic E-state index is 0.0608. The van der Waals surface area contributed by atoms with Crippen molar-refractivity contribution >= 4 is 23.6 Å². The van der Waals surface area contributed by atoms with E-state index in [-0.39, 0.29) is 35.5 Å². The van der Waals surface area contributed by atoms with Gasteiger partial charge >= 0.3 is 0 Å². The van der Waals surface area contributed by atoms with Gasteiger partial charge in [0.15, 0.2) is 0 Å². The van der Waals surface area contributed by atoms with Gasteiger partial charge in [-0.1, -0.05) is 27.7 Å². The molecule has 2 aromatic rings. The molecule has 0 aliphatic heterocycles. The Morgan fingerprint density at radius 1 is 0.650 bits per heavy atom. The van der Waals surface area contributed by atoms with Crippen LogP contribution >= 0.6 is 0 Å². The number of nitrogens with zero attached hydrogens (tertiary/aromatic N) is 2. The summed E-state index contributed by atoms with van der Waals surface area (Å²) in [5, 5.41) is 11.8. The fraction of sp³-hybridized carbons (Fsp3) is 0.533. The Kier molecular flexibility index (Phi) is 11.6. The monoisotopic (exact) mass is 550 g/mol. The summed E-state index contributed by atoms with van der Waals surface area (Å²) in [5.74, 6) is -0.375. The minimum atomic E-state index is -0.625. The quantitative estimate of drug-likeness (QED) is 0.320. The number of rotatable bonds is 12. The lowest BCUT2D eigenvalue weighted by Crippen LogP contribution is -2.51. The smallest absolute Gasteiger partial charge is 0.252 e. The normalized spacial score (nSPS) is 18.4. The molecule has 216 valence electrons. The number of carbonyl (C=O) groups excluding carboxylic acids is 4. The molecule has 10 heteroatoms. The maximum absolute atomic E-state index is 12.9. The van der Waals surface area contributed by atoms with Gasteiger partial charge in [-0.15, -0.1) is 0 Å². The number of pyridine rings is 2. The second-order valence-corrected chi connectivity index (χ2v) is 11.2. The predicted octanol–water partition coefficient (Wildman–Crippen LogP) is 2.72. The van der Waals surface area contributed by atoms with Crippen LogP contribution in [0.1, 0.15) is 74.1 Å². The fourth-order valence-electron chi connectivity index (χ4n) is 4.88. The summed E-state index contributed by atoms with van der Waals surface area (Å²) in [6.45, 7) is 8.75. The Morgan fingerprint density at radius 2 is 0.975 bits per heavy atom. The molecular weight excluding hydrogens is 508 g/mol. The zero-order valence-corrected chi connectivity index (χ0v) is 23.9. The maximum Gasteiger partial charge on any atom is 0.252 e. The van der Waals surface area contributed by atoms with Crippen LogP contribution in [0.15, 0.2) is 49.1 Å². The van der Waals surface area contributed by atoms with Crippen LogP contribution in [0.25, 0.3) is 0 Å². The van der Waals surface area contributed by atoms with Crippen molar-refractivity contribution in [2.45, 2.75) is 65.5 Å². The van der Waals surface area contributed by atoms with Gasteiger partial charge in [0.1, 0.15) is 12.1 Å². The van der Waals surface area contributed by atoms with Gasteiger partial charge < -0.3 is 21.3 Å². The molecule has 0 bridgehead atoms. The zero-order chi connectivity index (χ0) is 29.1. The van der Waals surface area contributed by atoms with Crippen LogP contribution in [-0.2, 0) is 9.59 Å². The first-order chi connectivity index (χ1) is 19.2. The Hall–Kier alpha value is -3.82. The molecule has 0 unspecified atom stereocenters. The first-order valence-corrected chi connectivity index (χ1v) is 14.1. The highest BCUT2D eigenvalue weighted by Crippen LogP contribution is 2.28. The van der Waals surface area contributed by atoms with E-state index in [0.717, 1.165) is 25.7 Å². The molecule has 2 heterocycles. The van der Waals surface area contributed by atoms with Gasteiger partial charge in [-0.2, -0.15) is 0 Å². The van der Waals surface area contributed by atoms with Crippen LogP contribution in [0.2, 0.25) is 0 Å². The number of aromatic nitrogens is 2. The number of carbonyl (C=O) groups is 4. The summed E-state index contributed by atoms with van der Waals surface area (Å²) < 4.78 is 0. The highest BCUT2D eigenvalue weighted by atomic mass is 16.2. The van der Waals surface area contributed by atoms with E-state index in [1.807, 2.05) is 27.7 Å². The lowest BCUT2D eigenvalue weighted by Gasteiger charge is -2.30. The van der Waals surface area contributed by atoms with Crippen molar-refractivity contribution in [3.63, 3.8) is 0 Å². The van der Waals surface area contributed by atoms with Gasteiger partial charge in [0.2, 0.25) is 11.8 Å². The molecule has 40 heavy (non-hydrogen) atoms. The lowest BCUT2D eigenvalue weighted by molar-refractivity contribution is -0.125. The first-order valence-electron chi connectivity index (χ1n) is 14.1. The largest absolute Gasteiger partial charge is 0.354 e. The molecule has 1 fully saturated rings. The molecule has 4 amide bonds. The first kappa shape index (κ1) is 30.7. The molecule has 0 radical (unpaired) electrons. The molecule has 10 nitrogen and oxygen atoms in total. The molecule has 0 saturated heterocycles.